The molecule has 3 aromatic rings. The van der Waals surface area contributed by atoms with Crippen molar-refractivity contribution in [1.82, 2.24) is 14.5 Å². The molecule has 0 spiro atoms. The second-order valence-electron chi connectivity index (χ2n) is 6.69. The van der Waals surface area contributed by atoms with Crippen LogP contribution in [0.4, 0.5) is 0 Å². The van der Waals surface area contributed by atoms with Crippen molar-refractivity contribution < 1.29 is 0 Å². The molecular weight excluding hydrogens is 318 g/mol. The summed E-state index contributed by atoms with van der Waals surface area (Å²) in [4.78, 5) is 7.37. The van der Waals surface area contributed by atoms with Crippen LogP contribution in [0.15, 0.2) is 42.6 Å². The van der Waals surface area contributed by atoms with Crippen LogP contribution in [0.3, 0.4) is 0 Å². The molecule has 1 aliphatic rings. The highest BCUT2D eigenvalue weighted by Gasteiger charge is 2.28. The van der Waals surface area contributed by atoms with Crippen LogP contribution in [0, 0.1) is 6.92 Å². The van der Waals surface area contributed by atoms with Gasteiger partial charge in [0.1, 0.15) is 0 Å². The smallest absolute Gasteiger partial charge is 0.0740 e. The molecule has 1 aromatic carbocycles. The van der Waals surface area contributed by atoms with E-state index in [0.717, 1.165) is 40.3 Å². The van der Waals surface area contributed by atoms with E-state index in [-0.39, 0.29) is 0 Å². The summed E-state index contributed by atoms with van der Waals surface area (Å²) in [6, 6.07) is 13.0. The third kappa shape index (κ3) is 2.62. The van der Waals surface area contributed by atoms with Crippen LogP contribution in [-0.4, -0.2) is 21.0 Å². The molecule has 24 heavy (non-hydrogen) atoms. The quantitative estimate of drug-likeness (QED) is 0.678. The molecule has 1 saturated heterocycles. The minimum Gasteiger partial charge on any atom is -0.353 e. The molecule has 4 heteroatoms. The molecule has 1 atom stereocenters. The van der Waals surface area contributed by atoms with Gasteiger partial charge in [0.15, 0.2) is 0 Å². The summed E-state index contributed by atoms with van der Waals surface area (Å²) >= 11 is 6.66. The summed E-state index contributed by atoms with van der Waals surface area (Å²) < 4.78 is 2.23. The number of fused-ring (bicyclic) bond motifs is 1. The van der Waals surface area contributed by atoms with Crippen molar-refractivity contribution in [2.45, 2.75) is 32.4 Å². The highest BCUT2D eigenvalue weighted by Crippen LogP contribution is 2.35. The van der Waals surface area contributed by atoms with Crippen molar-refractivity contribution in [3.8, 4) is 0 Å². The van der Waals surface area contributed by atoms with Crippen LogP contribution >= 0.6 is 11.6 Å². The second-order valence-corrected chi connectivity index (χ2v) is 7.07. The molecule has 0 radical (unpaired) electrons. The number of aryl methyl sites for hydroxylation is 2. The van der Waals surface area contributed by atoms with Crippen molar-refractivity contribution in [3.63, 3.8) is 0 Å². The van der Waals surface area contributed by atoms with Crippen LogP contribution < -0.4 is 0 Å². The van der Waals surface area contributed by atoms with Crippen molar-refractivity contribution in [2.75, 3.05) is 6.54 Å². The molecule has 0 saturated carbocycles. The predicted octanol–water partition coefficient (Wildman–Crippen LogP) is 4.87. The highest BCUT2D eigenvalue weighted by atomic mass is 35.5. The molecule has 3 heterocycles. The highest BCUT2D eigenvalue weighted by molar-refractivity contribution is 6.32. The monoisotopic (exact) mass is 339 g/mol. The Labute approximate surface area is 147 Å². The lowest BCUT2D eigenvalue weighted by Crippen LogP contribution is -2.25. The number of likely N-dealkylation sites (tertiary alicyclic amines) is 1. The number of pyridine rings is 1. The van der Waals surface area contributed by atoms with E-state index in [1.807, 2.05) is 12.1 Å². The van der Waals surface area contributed by atoms with Gasteiger partial charge in [-0.2, -0.15) is 0 Å². The van der Waals surface area contributed by atoms with E-state index >= 15 is 0 Å². The minimum atomic E-state index is 0.453. The summed E-state index contributed by atoms with van der Waals surface area (Å²) in [7, 11) is 2.12. The molecule has 124 valence electrons. The van der Waals surface area contributed by atoms with Crippen molar-refractivity contribution in [3.05, 3.63) is 64.6 Å². The maximum atomic E-state index is 6.66. The number of halogens is 1. The summed E-state index contributed by atoms with van der Waals surface area (Å²) in [5.41, 5.74) is 4.53. The fraction of sp³-hybridized carbons (Fsp3) is 0.350. The fourth-order valence-corrected chi connectivity index (χ4v) is 4.09. The first-order valence-electron chi connectivity index (χ1n) is 8.54. The zero-order valence-corrected chi connectivity index (χ0v) is 14.9. The lowest BCUT2D eigenvalue weighted by atomic mass is 10.1. The van der Waals surface area contributed by atoms with E-state index < -0.39 is 0 Å². The summed E-state index contributed by atoms with van der Waals surface area (Å²) in [5.74, 6) is 0. The van der Waals surface area contributed by atoms with E-state index in [2.05, 4.69) is 53.9 Å². The summed E-state index contributed by atoms with van der Waals surface area (Å²) in [6.07, 6.45) is 4.54. The third-order valence-corrected chi connectivity index (χ3v) is 5.69. The average Bonchev–Trinajstić information content (AvgIpc) is 3.21. The zero-order chi connectivity index (χ0) is 16.7. The largest absolute Gasteiger partial charge is 0.353 e. The molecule has 0 unspecified atom stereocenters. The number of hydrogen-bond acceptors (Lipinski definition) is 2. The topological polar surface area (TPSA) is 21.1 Å². The van der Waals surface area contributed by atoms with E-state index in [0.29, 0.717) is 6.04 Å². The summed E-state index contributed by atoms with van der Waals surface area (Å²) in [6.45, 7) is 3.99. The number of rotatable bonds is 3. The van der Waals surface area contributed by atoms with Gasteiger partial charge < -0.3 is 4.57 Å². The first-order chi connectivity index (χ1) is 11.6. The van der Waals surface area contributed by atoms with Crippen LogP contribution in [0.2, 0.25) is 5.02 Å². The van der Waals surface area contributed by atoms with Crippen LogP contribution in [0.1, 0.15) is 35.8 Å². The van der Waals surface area contributed by atoms with E-state index in [4.69, 9.17) is 16.6 Å². The van der Waals surface area contributed by atoms with Gasteiger partial charge >= 0.3 is 0 Å². The molecule has 0 aliphatic carbocycles. The molecule has 0 amide bonds. The molecular formula is C20H22ClN3. The van der Waals surface area contributed by atoms with Gasteiger partial charge in [0, 0.05) is 30.9 Å². The second kappa shape index (κ2) is 6.23. The minimum absolute atomic E-state index is 0.453. The normalized spacial score (nSPS) is 18.5. The number of para-hydroxylation sites is 1. The van der Waals surface area contributed by atoms with E-state index in [1.165, 1.54) is 18.5 Å². The molecule has 0 bridgehead atoms. The fourth-order valence-electron chi connectivity index (χ4n) is 3.89. The molecule has 1 aliphatic heterocycles. The van der Waals surface area contributed by atoms with Gasteiger partial charge in [-0.15, -0.1) is 0 Å². The van der Waals surface area contributed by atoms with Crippen LogP contribution in [-0.2, 0) is 13.6 Å². The van der Waals surface area contributed by atoms with E-state index in [9.17, 15) is 0 Å². The summed E-state index contributed by atoms with van der Waals surface area (Å²) in [5, 5.41) is 1.96. The average molecular weight is 340 g/mol. The Hall–Kier alpha value is -1.84. The molecule has 0 N–H and O–H groups in total. The lowest BCUT2D eigenvalue weighted by Gasteiger charge is -2.25. The Morgan fingerprint density at radius 2 is 2.04 bits per heavy atom. The first-order valence-corrected chi connectivity index (χ1v) is 8.92. The van der Waals surface area contributed by atoms with Crippen LogP contribution in [0.5, 0.6) is 0 Å². The number of aromatic nitrogens is 2. The molecule has 4 rings (SSSR count). The number of hydrogen-bond donors (Lipinski definition) is 0. The van der Waals surface area contributed by atoms with Gasteiger partial charge in [0.05, 0.1) is 22.3 Å². The van der Waals surface area contributed by atoms with Crippen molar-refractivity contribution in [2.24, 2.45) is 7.05 Å². The van der Waals surface area contributed by atoms with Gasteiger partial charge in [0.25, 0.3) is 0 Å². The van der Waals surface area contributed by atoms with Gasteiger partial charge in [-0.25, -0.2) is 4.98 Å². The number of benzene rings is 1. The SMILES string of the molecule is Cc1c(Cl)c(CN2CCC[C@@H]2c2cccn2C)nc2ccccc12. The lowest BCUT2D eigenvalue weighted by molar-refractivity contribution is 0.238. The maximum absolute atomic E-state index is 6.66. The zero-order valence-electron chi connectivity index (χ0n) is 14.2. The first kappa shape index (κ1) is 15.7. The van der Waals surface area contributed by atoms with Gasteiger partial charge in [0.2, 0.25) is 0 Å². The Bertz CT molecular complexity index is 884. The van der Waals surface area contributed by atoms with Gasteiger partial charge in [-0.3, -0.25) is 4.90 Å². The van der Waals surface area contributed by atoms with Gasteiger partial charge in [-0.1, -0.05) is 29.8 Å². The molecule has 3 nitrogen and oxygen atoms in total. The van der Waals surface area contributed by atoms with E-state index in [1.54, 1.807) is 0 Å². The maximum Gasteiger partial charge on any atom is 0.0740 e. The Morgan fingerprint density at radius 1 is 1.21 bits per heavy atom. The van der Waals surface area contributed by atoms with Crippen LogP contribution in [0.25, 0.3) is 10.9 Å². The third-order valence-electron chi connectivity index (χ3n) is 5.19. The Morgan fingerprint density at radius 3 is 2.83 bits per heavy atom. The van der Waals surface area contributed by atoms with Crippen molar-refractivity contribution >= 4 is 22.5 Å². The standard InChI is InChI=1S/C20H22ClN3/c1-14-15-7-3-4-8-16(15)22-17(20(14)21)13-24-12-6-10-19(24)18-9-5-11-23(18)2/h3-5,7-9,11,19H,6,10,12-13H2,1-2H3/t19-/m1/s1. The van der Waals surface area contributed by atoms with Crippen molar-refractivity contribution in [1.29, 1.82) is 0 Å². The van der Waals surface area contributed by atoms with Gasteiger partial charge in [-0.05, 0) is 50.1 Å². The number of nitrogens with zero attached hydrogens (tertiary/aromatic N) is 3. The molecule has 1 fully saturated rings. The predicted molar refractivity (Wildman–Crippen MR) is 99.3 cm³/mol. The molecule has 2 aromatic heterocycles. The Kier molecular flexibility index (Phi) is 4.07. The Balaban J connectivity index is 1.69.